The second-order valence-corrected chi connectivity index (χ2v) is 2.22. The molecule has 0 amide bonds. The molecule has 0 heterocycles. The first-order valence-corrected chi connectivity index (χ1v) is 3.39. The van der Waals surface area contributed by atoms with E-state index in [9.17, 15) is 23.3 Å². The molecule has 0 saturated carbocycles. The number of halogens is 3. The van der Waals surface area contributed by atoms with Crippen LogP contribution in [0.15, 0.2) is 12.1 Å². The maximum atomic E-state index is 13.0. The van der Waals surface area contributed by atoms with Crippen LogP contribution >= 0.6 is 0 Å². The number of nitro groups is 1. The molecule has 76 valence electrons. The summed E-state index contributed by atoms with van der Waals surface area (Å²) in [5, 5.41) is 10.2. The van der Waals surface area contributed by atoms with Crippen molar-refractivity contribution in [1.29, 1.82) is 0 Å². The molecule has 0 fully saturated rings. The fourth-order valence-electron chi connectivity index (χ4n) is 0.860. The molecule has 0 saturated heterocycles. The van der Waals surface area contributed by atoms with Crippen molar-refractivity contribution in [2.45, 2.75) is 0 Å². The van der Waals surface area contributed by atoms with E-state index in [1.807, 2.05) is 0 Å². The summed E-state index contributed by atoms with van der Waals surface area (Å²) < 4.78 is 41.4. The fraction of sp³-hybridized carbons (Fsp3) is 0.143. The van der Waals surface area contributed by atoms with E-state index in [0.29, 0.717) is 6.07 Å². The van der Waals surface area contributed by atoms with E-state index in [-0.39, 0.29) is 0 Å². The van der Waals surface area contributed by atoms with Crippen molar-refractivity contribution in [1.82, 2.24) is 0 Å². The zero-order valence-corrected chi connectivity index (χ0v) is 6.67. The standard InChI is InChI=1S/C7H4F3NO3/c8-3-14-5-2-1-4(9)7(6(5)10)11(12)13/h1-2H,3H2. The number of nitro benzene ring substituents is 1. The van der Waals surface area contributed by atoms with E-state index in [2.05, 4.69) is 4.74 Å². The summed E-state index contributed by atoms with van der Waals surface area (Å²) in [5.74, 6) is -3.55. The number of ether oxygens (including phenoxy) is 1. The third-order valence-electron chi connectivity index (χ3n) is 1.42. The van der Waals surface area contributed by atoms with E-state index in [0.717, 1.165) is 6.07 Å². The number of rotatable bonds is 3. The van der Waals surface area contributed by atoms with Gasteiger partial charge in [-0.2, -0.15) is 8.78 Å². The first kappa shape index (κ1) is 10.3. The maximum absolute atomic E-state index is 13.0. The van der Waals surface area contributed by atoms with Gasteiger partial charge in [-0.05, 0) is 12.1 Å². The summed E-state index contributed by atoms with van der Waals surface area (Å²) in [6, 6.07) is 1.41. The smallest absolute Gasteiger partial charge is 0.343 e. The van der Waals surface area contributed by atoms with Gasteiger partial charge in [-0.1, -0.05) is 0 Å². The minimum absolute atomic E-state index is 0.631. The number of benzene rings is 1. The average Bonchev–Trinajstić information content (AvgIpc) is 2.10. The lowest BCUT2D eigenvalue weighted by Gasteiger charge is -2.02. The topological polar surface area (TPSA) is 52.4 Å². The molecular weight excluding hydrogens is 203 g/mol. The third kappa shape index (κ3) is 1.76. The number of nitrogens with zero attached hydrogens (tertiary/aromatic N) is 1. The molecule has 0 radical (unpaired) electrons. The van der Waals surface area contributed by atoms with E-state index in [4.69, 9.17) is 0 Å². The lowest BCUT2D eigenvalue weighted by Crippen LogP contribution is -2.00. The van der Waals surface area contributed by atoms with Gasteiger partial charge in [-0.15, -0.1) is 0 Å². The van der Waals surface area contributed by atoms with Crippen LogP contribution in [0.3, 0.4) is 0 Å². The van der Waals surface area contributed by atoms with Crippen LogP contribution < -0.4 is 4.74 Å². The van der Waals surface area contributed by atoms with Gasteiger partial charge in [0.25, 0.3) is 0 Å². The van der Waals surface area contributed by atoms with Crippen molar-refractivity contribution in [3.05, 3.63) is 33.9 Å². The number of hydrogen-bond acceptors (Lipinski definition) is 3. The molecule has 0 N–H and O–H groups in total. The van der Waals surface area contributed by atoms with Crippen LogP contribution in [0.4, 0.5) is 18.9 Å². The zero-order valence-electron chi connectivity index (χ0n) is 6.67. The van der Waals surface area contributed by atoms with Crippen LogP contribution in [0.2, 0.25) is 0 Å². The van der Waals surface area contributed by atoms with Crippen molar-refractivity contribution in [2.24, 2.45) is 0 Å². The lowest BCUT2D eigenvalue weighted by atomic mass is 10.3. The molecular formula is C7H4F3NO3. The second-order valence-electron chi connectivity index (χ2n) is 2.22. The van der Waals surface area contributed by atoms with Crippen LogP contribution in [0.5, 0.6) is 5.75 Å². The Morgan fingerprint density at radius 2 is 2.07 bits per heavy atom. The van der Waals surface area contributed by atoms with Gasteiger partial charge < -0.3 is 4.74 Å². The minimum atomic E-state index is -1.52. The molecule has 0 aliphatic rings. The van der Waals surface area contributed by atoms with Crippen LogP contribution in [0.25, 0.3) is 0 Å². The Labute approximate surface area is 76.1 Å². The molecule has 0 atom stereocenters. The lowest BCUT2D eigenvalue weighted by molar-refractivity contribution is -0.390. The quantitative estimate of drug-likeness (QED) is 0.563. The summed E-state index contributed by atoms with van der Waals surface area (Å²) >= 11 is 0. The molecule has 4 nitrogen and oxygen atoms in total. The highest BCUT2D eigenvalue weighted by molar-refractivity contribution is 5.41. The van der Waals surface area contributed by atoms with Crippen LogP contribution in [-0.2, 0) is 0 Å². The molecule has 0 aliphatic heterocycles. The first-order valence-electron chi connectivity index (χ1n) is 3.39. The van der Waals surface area contributed by atoms with Gasteiger partial charge in [0.15, 0.2) is 5.75 Å². The largest absolute Gasteiger partial charge is 0.460 e. The Bertz CT molecular complexity index is 369. The van der Waals surface area contributed by atoms with E-state index >= 15 is 0 Å². The Balaban J connectivity index is 3.26. The van der Waals surface area contributed by atoms with Gasteiger partial charge in [-0.3, -0.25) is 10.1 Å². The molecule has 0 aliphatic carbocycles. The molecule has 1 rings (SSSR count). The van der Waals surface area contributed by atoms with Crippen molar-refractivity contribution in [3.8, 4) is 5.75 Å². The van der Waals surface area contributed by atoms with Gasteiger partial charge in [0.05, 0.1) is 4.92 Å². The van der Waals surface area contributed by atoms with Crippen LogP contribution in [0.1, 0.15) is 0 Å². The maximum Gasteiger partial charge on any atom is 0.343 e. The van der Waals surface area contributed by atoms with E-state index < -0.39 is 34.9 Å². The molecule has 1 aromatic rings. The van der Waals surface area contributed by atoms with Crippen molar-refractivity contribution < 1.29 is 22.8 Å². The highest BCUT2D eigenvalue weighted by Gasteiger charge is 2.24. The summed E-state index contributed by atoms with van der Waals surface area (Å²) in [6.45, 7) is -1.35. The molecule has 1 aromatic carbocycles. The molecule has 0 aromatic heterocycles. The second kappa shape index (κ2) is 3.95. The SMILES string of the molecule is O=[N+]([O-])c1c(F)ccc(OCF)c1F. The van der Waals surface area contributed by atoms with Crippen molar-refractivity contribution in [2.75, 3.05) is 6.86 Å². The van der Waals surface area contributed by atoms with Crippen LogP contribution in [0, 0.1) is 21.7 Å². The highest BCUT2D eigenvalue weighted by Crippen LogP contribution is 2.28. The normalized spacial score (nSPS) is 9.93. The summed E-state index contributed by atoms with van der Waals surface area (Å²) in [4.78, 5) is 8.94. The predicted molar refractivity (Wildman–Crippen MR) is 39.6 cm³/mol. The summed E-state index contributed by atoms with van der Waals surface area (Å²) in [7, 11) is 0. The fourth-order valence-corrected chi connectivity index (χ4v) is 0.860. The number of alkyl halides is 1. The average molecular weight is 207 g/mol. The molecule has 0 bridgehead atoms. The molecule has 14 heavy (non-hydrogen) atoms. The summed E-state index contributed by atoms with van der Waals surface area (Å²) in [5.41, 5.74) is -1.35. The molecule has 7 heteroatoms. The van der Waals surface area contributed by atoms with Gasteiger partial charge in [0.2, 0.25) is 18.5 Å². The Morgan fingerprint density at radius 1 is 1.43 bits per heavy atom. The summed E-state index contributed by atoms with van der Waals surface area (Å²) in [6.07, 6.45) is 0. The zero-order chi connectivity index (χ0) is 10.7. The van der Waals surface area contributed by atoms with E-state index in [1.165, 1.54) is 0 Å². The third-order valence-corrected chi connectivity index (χ3v) is 1.42. The van der Waals surface area contributed by atoms with Gasteiger partial charge >= 0.3 is 5.69 Å². The van der Waals surface area contributed by atoms with Gasteiger partial charge in [0, 0.05) is 0 Å². The van der Waals surface area contributed by atoms with E-state index in [1.54, 1.807) is 0 Å². The predicted octanol–water partition coefficient (Wildman–Crippen LogP) is 2.18. The van der Waals surface area contributed by atoms with Gasteiger partial charge in [0.1, 0.15) is 0 Å². The highest BCUT2D eigenvalue weighted by atomic mass is 19.1. The number of hydrogen-bond donors (Lipinski definition) is 0. The molecule has 0 unspecified atom stereocenters. The van der Waals surface area contributed by atoms with Gasteiger partial charge in [-0.25, -0.2) is 4.39 Å². The Kier molecular flexibility index (Phi) is 2.90. The molecule has 0 spiro atoms. The van der Waals surface area contributed by atoms with Crippen LogP contribution in [-0.4, -0.2) is 11.8 Å². The van der Waals surface area contributed by atoms with Crippen molar-refractivity contribution in [3.63, 3.8) is 0 Å². The monoisotopic (exact) mass is 207 g/mol. The first-order chi connectivity index (χ1) is 6.57. The Morgan fingerprint density at radius 3 is 2.57 bits per heavy atom. The van der Waals surface area contributed by atoms with Crippen molar-refractivity contribution >= 4 is 5.69 Å². The Hall–Kier alpha value is -1.79. The minimum Gasteiger partial charge on any atom is -0.460 e.